The molecule has 1 aliphatic rings. The third-order valence-corrected chi connectivity index (χ3v) is 2.29. The molecule has 0 amide bonds. The summed E-state index contributed by atoms with van der Waals surface area (Å²) in [4.78, 5) is 2.10. The number of nitrogens with zero attached hydrogens (tertiary/aromatic N) is 1. The zero-order valence-electron chi connectivity index (χ0n) is 6.79. The molecular weight excluding hydrogens is 130 g/mol. The largest absolute Gasteiger partial charge is 0.366 e. The van der Waals surface area contributed by atoms with E-state index in [0.717, 1.165) is 6.54 Å². The highest BCUT2D eigenvalue weighted by Gasteiger charge is 2.35. The van der Waals surface area contributed by atoms with Crippen molar-refractivity contribution in [1.82, 2.24) is 4.90 Å². The van der Waals surface area contributed by atoms with Crippen LogP contribution >= 0.6 is 0 Å². The van der Waals surface area contributed by atoms with E-state index in [0.29, 0.717) is 6.61 Å². The van der Waals surface area contributed by atoms with Gasteiger partial charge in [0.15, 0.2) is 6.29 Å². The summed E-state index contributed by atoms with van der Waals surface area (Å²) in [5, 5.41) is 9.34. The molecule has 1 heterocycles. The van der Waals surface area contributed by atoms with Gasteiger partial charge >= 0.3 is 0 Å². The van der Waals surface area contributed by atoms with Crippen molar-refractivity contribution in [2.45, 2.75) is 25.7 Å². The molecule has 1 fully saturated rings. The molecular formula is C7H15NO2. The van der Waals surface area contributed by atoms with E-state index in [9.17, 15) is 5.11 Å². The lowest BCUT2D eigenvalue weighted by Crippen LogP contribution is -2.56. The maximum Gasteiger partial charge on any atom is 0.172 e. The molecule has 1 saturated heterocycles. The van der Waals surface area contributed by atoms with Crippen LogP contribution in [-0.4, -0.2) is 42.0 Å². The van der Waals surface area contributed by atoms with Crippen LogP contribution in [0.5, 0.6) is 0 Å². The summed E-state index contributed by atoms with van der Waals surface area (Å²) in [6, 6.07) is 0. The molecule has 10 heavy (non-hydrogen) atoms. The summed E-state index contributed by atoms with van der Waals surface area (Å²) in [5.41, 5.74) is -0.238. The summed E-state index contributed by atoms with van der Waals surface area (Å²) < 4.78 is 5.08. The van der Waals surface area contributed by atoms with E-state index in [1.165, 1.54) is 0 Å². The van der Waals surface area contributed by atoms with E-state index in [1.807, 2.05) is 20.9 Å². The third-order valence-electron chi connectivity index (χ3n) is 2.29. The SMILES string of the molecule is CN1CCOC(O)C1(C)C. The maximum absolute atomic E-state index is 9.34. The Balaban J connectivity index is 2.63. The highest BCUT2D eigenvalue weighted by atomic mass is 16.6. The van der Waals surface area contributed by atoms with Gasteiger partial charge in [-0.25, -0.2) is 0 Å². The molecule has 3 nitrogen and oxygen atoms in total. The monoisotopic (exact) mass is 145 g/mol. The van der Waals surface area contributed by atoms with Crippen molar-refractivity contribution >= 4 is 0 Å². The van der Waals surface area contributed by atoms with Crippen molar-refractivity contribution in [1.29, 1.82) is 0 Å². The fourth-order valence-corrected chi connectivity index (χ4v) is 0.982. The maximum atomic E-state index is 9.34. The lowest BCUT2D eigenvalue weighted by Gasteiger charge is -2.43. The van der Waals surface area contributed by atoms with E-state index < -0.39 is 6.29 Å². The van der Waals surface area contributed by atoms with Gasteiger partial charge in [0.2, 0.25) is 0 Å². The lowest BCUT2D eigenvalue weighted by atomic mass is 10.0. The van der Waals surface area contributed by atoms with Gasteiger partial charge in [-0.1, -0.05) is 0 Å². The Morgan fingerprint density at radius 2 is 2.20 bits per heavy atom. The van der Waals surface area contributed by atoms with Crippen molar-refractivity contribution in [3.8, 4) is 0 Å². The number of aliphatic hydroxyl groups excluding tert-OH is 1. The van der Waals surface area contributed by atoms with E-state index in [-0.39, 0.29) is 5.54 Å². The summed E-state index contributed by atoms with van der Waals surface area (Å²) >= 11 is 0. The highest BCUT2D eigenvalue weighted by molar-refractivity contribution is 4.84. The first kappa shape index (κ1) is 7.98. The summed E-state index contributed by atoms with van der Waals surface area (Å²) in [5.74, 6) is 0. The molecule has 1 unspecified atom stereocenters. The predicted octanol–water partition coefficient (Wildman–Crippen LogP) is 0.0454. The zero-order chi connectivity index (χ0) is 7.78. The van der Waals surface area contributed by atoms with Crippen LogP contribution in [0.2, 0.25) is 0 Å². The standard InChI is InChI=1S/C7H15NO2/c1-7(2)6(9)10-5-4-8(7)3/h6,9H,4-5H2,1-3H3. The minimum atomic E-state index is -0.647. The number of hydrogen-bond acceptors (Lipinski definition) is 3. The van der Waals surface area contributed by atoms with E-state index in [2.05, 4.69) is 4.90 Å². The molecule has 0 aromatic heterocycles. The van der Waals surface area contributed by atoms with Crippen LogP contribution in [0.1, 0.15) is 13.8 Å². The second-order valence-corrected chi connectivity index (χ2v) is 3.30. The number of likely N-dealkylation sites (N-methyl/N-ethyl adjacent to an activating group) is 1. The molecule has 1 atom stereocenters. The minimum absolute atomic E-state index is 0.238. The Morgan fingerprint density at radius 3 is 2.60 bits per heavy atom. The minimum Gasteiger partial charge on any atom is -0.366 e. The highest BCUT2D eigenvalue weighted by Crippen LogP contribution is 2.21. The van der Waals surface area contributed by atoms with Gasteiger partial charge in [0, 0.05) is 6.54 Å². The molecule has 0 bridgehead atoms. The van der Waals surface area contributed by atoms with Gasteiger partial charge < -0.3 is 9.84 Å². The quantitative estimate of drug-likeness (QED) is 0.522. The third kappa shape index (κ3) is 1.17. The fourth-order valence-electron chi connectivity index (χ4n) is 0.982. The second-order valence-electron chi connectivity index (χ2n) is 3.30. The summed E-state index contributed by atoms with van der Waals surface area (Å²) in [6.45, 7) is 5.46. The molecule has 3 heteroatoms. The van der Waals surface area contributed by atoms with Crippen LogP contribution in [0, 0.1) is 0 Å². The predicted molar refractivity (Wildman–Crippen MR) is 38.7 cm³/mol. The Hall–Kier alpha value is -0.120. The van der Waals surface area contributed by atoms with Gasteiger partial charge in [0.05, 0.1) is 12.1 Å². The van der Waals surface area contributed by atoms with Gasteiger partial charge in [0.1, 0.15) is 0 Å². The molecule has 0 aromatic rings. The molecule has 1 aliphatic heterocycles. The first-order valence-corrected chi connectivity index (χ1v) is 3.56. The van der Waals surface area contributed by atoms with Crippen molar-refractivity contribution in [2.24, 2.45) is 0 Å². The Morgan fingerprint density at radius 1 is 1.60 bits per heavy atom. The van der Waals surface area contributed by atoms with Crippen LogP contribution < -0.4 is 0 Å². The van der Waals surface area contributed by atoms with E-state index >= 15 is 0 Å². The van der Waals surface area contributed by atoms with Gasteiger partial charge in [0.25, 0.3) is 0 Å². The number of rotatable bonds is 0. The first-order valence-electron chi connectivity index (χ1n) is 3.56. The molecule has 1 rings (SSSR count). The zero-order valence-corrected chi connectivity index (χ0v) is 6.79. The van der Waals surface area contributed by atoms with Crippen molar-refractivity contribution < 1.29 is 9.84 Å². The van der Waals surface area contributed by atoms with E-state index in [4.69, 9.17) is 4.74 Å². The van der Waals surface area contributed by atoms with Crippen LogP contribution in [0.4, 0.5) is 0 Å². The number of hydrogen-bond donors (Lipinski definition) is 1. The average Bonchev–Trinajstić information content (AvgIpc) is 1.84. The average molecular weight is 145 g/mol. The van der Waals surface area contributed by atoms with Crippen LogP contribution in [-0.2, 0) is 4.74 Å². The number of morpholine rings is 1. The van der Waals surface area contributed by atoms with Crippen molar-refractivity contribution in [2.75, 3.05) is 20.2 Å². The normalized spacial score (nSPS) is 34.2. The Bertz CT molecular complexity index is 113. The fraction of sp³-hybridized carbons (Fsp3) is 1.00. The molecule has 60 valence electrons. The Labute approximate surface area is 61.6 Å². The first-order chi connectivity index (χ1) is 4.55. The molecule has 0 saturated carbocycles. The van der Waals surface area contributed by atoms with Crippen molar-refractivity contribution in [3.63, 3.8) is 0 Å². The topological polar surface area (TPSA) is 32.7 Å². The van der Waals surface area contributed by atoms with Crippen LogP contribution in [0.3, 0.4) is 0 Å². The molecule has 0 radical (unpaired) electrons. The van der Waals surface area contributed by atoms with Gasteiger partial charge in [-0.05, 0) is 20.9 Å². The van der Waals surface area contributed by atoms with Crippen molar-refractivity contribution in [3.05, 3.63) is 0 Å². The molecule has 0 aromatic carbocycles. The molecule has 1 N–H and O–H groups in total. The number of ether oxygens (including phenoxy) is 1. The van der Waals surface area contributed by atoms with Gasteiger partial charge in [-0.3, -0.25) is 4.90 Å². The summed E-state index contributed by atoms with van der Waals surface area (Å²) in [6.07, 6.45) is -0.647. The lowest BCUT2D eigenvalue weighted by molar-refractivity contribution is -0.206. The van der Waals surface area contributed by atoms with Gasteiger partial charge in [-0.2, -0.15) is 0 Å². The van der Waals surface area contributed by atoms with Crippen LogP contribution in [0.15, 0.2) is 0 Å². The Kier molecular flexibility index (Phi) is 1.99. The molecule has 0 spiro atoms. The summed E-state index contributed by atoms with van der Waals surface area (Å²) in [7, 11) is 1.99. The molecule has 0 aliphatic carbocycles. The smallest absolute Gasteiger partial charge is 0.172 e. The van der Waals surface area contributed by atoms with Gasteiger partial charge in [-0.15, -0.1) is 0 Å². The number of aliphatic hydroxyl groups is 1. The second kappa shape index (κ2) is 2.49. The van der Waals surface area contributed by atoms with Crippen LogP contribution in [0.25, 0.3) is 0 Å². The van der Waals surface area contributed by atoms with E-state index in [1.54, 1.807) is 0 Å².